The first-order valence-corrected chi connectivity index (χ1v) is 3.90. The summed E-state index contributed by atoms with van der Waals surface area (Å²) in [6.45, 7) is 0. The molecule has 1 heteroatoms. The molecular weight excluding hydrogens is 128 g/mol. The van der Waals surface area contributed by atoms with Gasteiger partial charge in [0.2, 0.25) is 0 Å². The fraction of sp³-hybridized carbons (Fsp3) is 0. The molecule has 0 nitrogen and oxygen atoms in total. The third-order valence-corrected chi connectivity index (χ3v) is 2.58. The number of benzene rings is 1. The quantitative estimate of drug-likeness (QED) is 0.441. The minimum Gasteiger partial charge on any atom is -0.151 e. The van der Waals surface area contributed by atoms with Crippen LogP contribution in [0.25, 0.3) is 21.9 Å². The smallest absolute Gasteiger partial charge is 0.000227 e. The Morgan fingerprint density at radius 3 is 3.00 bits per heavy atom. The lowest BCUT2D eigenvalue weighted by atomic mass is 10.3. The molecule has 3 rings (SSSR count). The zero-order valence-corrected chi connectivity index (χ0v) is 5.53. The van der Waals surface area contributed by atoms with Crippen LogP contribution in [0.4, 0.5) is 0 Å². The Morgan fingerprint density at radius 2 is 2.11 bits per heavy atom. The molecule has 0 spiro atoms. The maximum absolute atomic E-state index is 2.25. The van der Waals surface area contributed by atoms with Gasteiger partial charge in [-0.05, 0) is 39.4 Å². The van der Waals surface area contributed by atoms with Crippen molar-refractivity contribution < 1.29 is 0 Å². The molecule has 1 heterocycles. The summed E-state index contributed by atoms with van der Waals surface area (Å²) in [6, 6.07) is 4.48. The molecule has 0 saturated carbocycles. The molecule has 2 aliphatic rings. The lowest BCUT2D eigenvalue weighted by Crippen LogP contribution is -1.42. The highest BCUT2D eigenvalue weighted by Crippen LogP contribution is 2.44. The second-order valence-electron chi connectivity index (χ2n) is 2.40. The van der Waals surface area contributed by atoms with E-state index in [1.807, 2.05) is 0 Å². The normalized spacial score (nSPS) is 12.4. The number of thiophene rings is 1. The van der Waals surface area contributed by atoms with Crippen molar-refractivity contribution >= 4 is 22.1 Å². The summed E-state index contributed by atoms with van der Waals surface area (Å²) in [5, 5.41) is 7.30. The van der Waals surface area contributed by atoms with Crippen LogP contribution in [0.15, 0.2) is 22.9 Å². The topological polar surface area (TPSA) is 0 Å². The maximum atomic E-state index is 2.25. The van der Waals surface area contributed by atoms with Crippen LogP contribution in [0.1, 0.15) is 0 Å². The molecule has 0 aromatic carbocycles. The average molecular weight is 132 g/mol. The van der Waals surface area contributed by atoms with Gasteiger partial charge < -0.3 is 0 Å². The summed E-state index contributed by atoms with van der Waals surface area (Å²) in [6.07, 6.45) is 0. The molecule has 0 fully saturated rings. The van der Waals surface area contributed by atoms with Gasteiger partial charge in [-0.25, -0.2) is 0 Å². The molecule has 0 radical (unpaired) electrons. The van der Waals surface area contributed by atoms with E-state index in [2.05, 4.69) is 22.9 Å². The Hall–Kier alpha value is -0.820. The van der Waals surface area contributed by atoms with Crippen LogP contribution in [-0.4, -0.2) is 0 Å². The van der Waals surface area contributed by atoms with Gasteiger partial charge in [0, 0.05) is 5.39 Å². The van der Waals surface area contributed by atoms with Gasteiger partial charge >= 0.3 is 0 Å². The summed E-state index contributed by atoms with van der Waals surface area (Å²) >= 11 is 1.79. The summed E-state index contributed by atoms with van der Waals surface area (Å²) in [4.78, 5) is 0. The monoisotopic (exact) mass is 132 g/mol. The zero-order valence-electron chi connectivity index (χ0n) is 4.72. The molecule has 1 aromatic rings. The van der Waals surface area contributed by atoms with Crippen molar-refractivity contribution in [3.05, 3.63) is 22.9 Å². The van der Waals surface area contributed by atoms with Gasteiger partial charge in [-0.2, -0.15) is 11.3 Å². The zero-order chi connectivity index (χ0) is 5.84. The average Bonchev–Trinajstić information content (AvgIpc) is 2.38. The van der Waals surface area contributed by atoms with Crippen LogP contribution in [0.5, 0.6) is 0 Å². The minimum atomic E-state index is 1.42. The van der Waals surface area contributed by atoms with Crippen LogP contribution in [0.2, 0.25) is 0 Å². The summed E-state index contributed by atoms with van der Waals surface area (Å²) < 4.78 is 0. The standard InChI is InChI=1S/C8H4S/c1-5-2-7(5)8-4-9-3-6(1)8/h1-4H. The Bertz CT molecular complexity index is 384. The van der Waals surface area contributed by atoms with Crippen LogP contribution in [-0.2, 0) is 0 Å². The molecule has 0 bridgehead atoms. The van der Waals surface area contributed by atoms with Crippen molar-refractivity contribution in [1.82, 2.24) is 0 Å². The lowest BCUT2D eigenvalue weighted by Gasteiger charge is -1.68. The van der Waals surface area contributed by atoms with E-state index in [0.717, 1.165) is 0 Å². The largest absolute Gasteiger partial charge is 0.151 e. The summed E-state index contributed by atoms with van der Waals surface area (Å²) in [7, 11) is 0. The molecular formula is C8H4S. The number of rotatable bonds is 0. The van der Waals surface area contributed by atoms with Gasteiger partial charge in [0.25, 0.3) is 0 Å². The lowest BCUT2D eigenvalue weighted by molar-refractivity contribution is 2.19. The molecule has 0 amide bonds. The van der Waals surface area contributed by atoms with Crippen LogP contribution >= 0.6 is 11.3 Å². The predicted octanol–water partition coefficient (Wildman–Crippen LogP) is 2.88. The number of fused-ring (bicyclic) bond motifs is 3. The molecule has 0 N–H and O–H groups in total. The van der Waals surface area contributed by atoms with Gasteiger partial charge in [-0.15, -0.1) is 0 Å². The van der Waals surface area contributed by atoms with Crippen LogP contribution in [0.3, 0.4) is 0 Å². The molecule has 42 valence electrons. The highest BCUT2D eigenvalue weighted by Gasteiger charge is 2.16. The first kappa shape index (κ1) is 4.07. The van der Waals surface area contributed by atoms with Crippen molar-refractivity contribution in [2.45, 2.75) is 0 Å². The molecule has 0 aliphatic heterocycles. The van der Waals surface area contributed by atoms with Crippen molar-refractivity contribution in [1.29, 1.82) is 0 Å². The van der Waals surface area contributed by atoms with Gasteiger partial charge in [-0.3, -0.25) is 0 Å². The van der Waals surface area contributed by atoms with E-state index in [4.69, 9.17) is 0 Å². The second kappa shape index (κ2) is 1.05. The Labute approximate surface area is 56.7 Å². The highest BCUT2D eigenvalue weighted by atomic mass is 32.1. The van der Waals surface area contributed by atoms with E-state index in [1.165, 1.54) is 21.9 Å². The SMILES string of the molecule is c1c2cc3cscc3c1-2. The van der Waals surface area contributed by atoms with Crippen molar-refractivity contribution in [2.24, 2.45) is 0 Å². The van der Waals surface area contributed by atoms with Gasteiger partial charge in [-0.1, -0.05) is 0 Å². The van der Waals surface area contributed by atoms with Crippen molar-refractivity contribution in [2.75, 3.05) is 0 Å². The maximum Gasteiger partial charge on any atom is 0.000227 e. The molecule has 0 saturated heterocycles. The van der Waals surface area contributed by atoms with Crippen molar-refractivity contribution in [3.8, 4) is 11.1 Å². The second-order valence-corrected chi connectivity index (χ2v) is 3.14. The van der Waals surface area contributed by atoms with Crippen molar-refractivity contribution in [3.63, 3.8) is 0 Å². The van der Waals surface area contributed by atoms with Crippen LogP contribution < -0.4 is 0 Å². The van der Waals surface area contributed by atoms with E-state index >= 15 is 0 Å². The Kier molecular flexibility index (Phi) is 0.474. The first-order valence-electron chi connectivity index (χ1n) is 2.95. The Morgan fingerprint density at radius 1 is 1.11 bits per heavy atom. The summed E-state index contributed by atoms with van der Waals surface area (Å²) in [5.74, 6) is 0. The fourth-order valence-corrected chi connectivity index (χ4v) is 2.09. The van der Waals surface area contributed by atoms with E-state index < -0.39 is 0 Å². The van der Waals surface area contributed by atoms with E-state index in [1.54, 1.807) is 11.3 Å². The molecule has 9 heavy (non-hydrogen) atoms. The number of hydrogen-bond acceptors (Lipinski definition) is 1. The highest BCUT2D eigenvalue weighted by molar-refractivity contribution is 7.09. The fourth-order valence-electron chi connectivity index (χ4n) is 1.28. The molecule has 0 unspecified atom stereocenters. The third-order valence-electron chi connectivity index (χ3n) is 1.82. The van der Waals surface area contributed by atoms with E-state index in [9.17, 15) is 0 Å². The van der Waals surface area contributed by atoms with Crippen LogP contribution in [0, 0.1) is 0 Å². The van der Waals surface area contributed by atoms with Gasteiger partial charge in [0.15, 0.2) is 0 Å². The van der Waals surface area contributed by atoms with Gasteiger partial charge in [0.1, 0.15) is 0 Å². The molecule has 0 atom stereocenters. The van der Waals surface area contributed by atoms with E-state index in [0.29, 0.717) is 0 Å². The van der Waals surface area contributed by atoms with E-state index in [-0.39, 0.29) is 0 Å². The Balaban J connectivity index is 2.74. The van der Waals surface area contributed by atoms with Gasteiger partial charge in [0.05, 0.1) is 0 Å². The number of hydrogen-bond donors (Lipinski definition) is 0. The first-order chi connectivity index (χ1) is 4.45. The predicted molar refractivity (Wildman–Crippen MR) is 40.8 cm³/mol. The minimum absolute atomic E-state index is 1.42. The molecule has 1 aromatic heterocycles. The third kappa shape index (κ3) is 0.359. The molecule has 2 aliphatic carbocycles. The summed E-state index contributed by atoms with van der Waals surface area (Å²) in [5.41, 5.74) is 2.93.